The highest BCUT2D eigenvalue weighted by Crippen LogP contribution is 2.37. The molecule has 24 heavy (non-hydrogen) atoms. The second-order valence-corrected chi connectivity index (χ2v) is 7.91. The SMILES string of the molecule is CC(N)(C(=O)N1CCCC2(CNC(=O)C2)C1)c1ccc(Br)cc1.Cl. The Hall–Kier alpha value is -1.11. The van der Waals surface area contributed by atoms with Gasteiger partial charge in [0.2, 0.25) is 11.8 Å². The maximum Gasteiger partial charge on any atom is 0.246 e. The van der Waals surface area contributed by atoms with Crippen LogP contribution in [0.2, 0.25) is 0 Å². The molecule has 2 saturated heterocycles. The average molecular weight is 417 g/mol. The monoisotopic (exact) mass is 415 g/mol. The number of hydrogen-bond donors (Lipinski definition) is 2. The Morgan fingerprint density at radius 1 is 1.38 bits per heavy atom. The summed E-state index contributed by atoms with van der Waals surface area (Å²) in [6.07, 6.45) is 2.41. The Morgan fingerprint density at radius 3 is 2.62 bits per heavy atom. The molecule has 132 valence electrons. The minimum atomic E-state index is -1.06. The van der Waals surface area contributed by atoms with E-state index < -0.39 is 5.54 Å². The third-order valence-electron chi connectivity index (χ3n) is 5.03. The Kier molecular flexibility index (Phi) is 5.62. The molecule has 2 atom stereocenters. The Bertz CT molecular complexity index is 635. The first-order valence-corrected chi connectivity index (χ1v) is 8.73. The van der Waals surface area contributed by atoms with Crippen molar-refractivity contribution >= 4 is 40.2 Å². The lowest BCUT2D eigenvalue weighted by Crippen LogP contribution is -2.56. The fraction of sp³-hybridized carbons (Fsp3) is 0.529. The van der Waals surface area contributed by atoms with E-state index in [0.717, 1.165) is 22.9 Å². The normalized spacial score (nSPS) is 25.8. The maximum atomic E-state index is 13.0. The van der Waals surface area contributed by atoms with Gasteiger partial charge in [-0.2, -0.15) is 0 Å². The lowest BCUT2D eigenvalue weighted by molar-refractivity contribution is -0.140. The zero-order valence-corrected chi connectivity index (χ0v) is 16.1. The van der Waals surface area contributed by atoms with Crippen LogP contribution in [-0.2, 0) is 15.1 Å². The van der Waals surface area contributed by atoms with Crippen molar-refractivity contribution in [1.82, 2.24) is 10.2 Å². The molecule has 1 aromatic rings. The lowest BCUT2D eigenvalue weighted by Gasteiger charge is -2.42. The summed E-state index contributed by atoms with van der Waals surface area (Å²) in [5, 5.41) is 2.90. The van der Waals surface area contributed by atoms with Crippen molar-refractivity contribution in [3.63, 3.8) is 0 Å². The summed E-state index contributed by atoms with van der Waals surface area (Å²) in [4.78, 5) is 26.4. The second-order valence-electron chi connectivity index (χ2n) is 6.99. The Morgan fingerprint density at radius 2 is 2.04 bits per heavy atom. The van der Waals surface area contributed by atoms with Gasteiger partial charge in [0, 0.05) is 35.9 Å². The van der Waals surface area contributed by atoms with Crippen molar-refractivity contribution in [2.45, 2.75) is 31.7 Å². The number of likely N-dealkylation sites (tertiary alicyclic amines) is 1. The van der Waals surface area contributed by atoms with Crippen LogP contribution < -0.4 is 11.1 Å². The van der Waals surface area contributed by atoms with E-state index in [4.69, 9.17) is 5.73 Å². The highest BCUT2D eigenvalue weighted by Gasteiger charge is 2.45. The van der Waals surface area contributed by atoms with E-state index in [0.29, 0.717) is 26.1 Å². The van der Waals surface area contributed by atoms with Crippen molar-refractivity contribution < 1.29 is 9.59 Å². The molecule has 7 heteroatoms. The standard InChI is InChI=1S/C17H22BrN3O2.ClH/c1-16(19,12-3-5-13(18)6-4-12)15(23)21-8-2-7-17(11-21)9-14(22)20-10-17;/h3-6H,2,7-11,19H2,1H3,(H,20,22);1H. The van der Waals surface area contributed by atoms with Gasteiger partial charge in [0.1, 0.15) is 5.54 Å². The third kappa shape index (κ3) is 3.60. The van der Waals surface area contributed by atoms with Gasteiger partial charge >= 0.3 is 0 Å². The summed E-state index contributed by atoms with van der Waals surface area (Å²) < 4.78 is 0.956. The fourth-order valence-electron chi connectivity index (χ4n) is 3.67. The van der Waals surface area contributed by atoms with Crippen LogP contribution in [0, 0.1) is 5.41 Å². The zero-order valence-electron chi connectivity index (χ0n) is 13.7. The maximum absolute atomic E-state index is 13.0. The van der Waals surface area contributed by atoms with E-state index in [1.807, 2.05) is 29.2 Å². The van der Waals surface area contributed by atoms with Crippen LogP contribution in [-0.4, -0.2) is 36.3 Å². The quantitative estimate of drug-likeness (QED) is 0.776. The molecule has 0 saturated carbocycles. The number of rotatable bonds is 2. The number of nitrogens with one attached hydrogen (secondary N) is 1. The molecule has 1 aromatic carbocycles. The lowest BCUT2D eigenvalue weighted by atomic mass is 9.78. The fourth-order valence-corrected chi connectivity index (χ4v) is 3.93. The number of carbonyl (C=O) groups excluding carboxylic acids is 2. The third-order valence-corrected chi connectivity index (χ3v) is 5.56. The molecule has 2 heterocycles. The van der Waals surface area contributed by atoms with Gasteiger partial charge in [-0.05, 0) is 37.5 Å². The first kappa shape index (κ1) is 19.2. The summed E-state index contributed by atoms with van der Waals surface area (Å²) in [6, 6.07) is 7.54. The van der Waals surface area contributed by atoms with E-state index in [9.17, 15) is 9.59 Å². The number of nitrogens with zero attached hydrogens (tertiary/aromatic N) is 1. The van der Waals surface area contributed by atoms with Gasteiger partial charge in [-0.15, -0.1) is 12.4 Å². The summed E-state index contributed by atoms with van der Waals surface area (Å²) in [7, 11) is 0. The van der Waals surface area contributed by atoms with E-state index in [1.54, 1.807) is 6.92 Å². The van der Waals surface area contributed by atoms with Crippen molar-refractivity contribution in [3.8, 4) is 0 Å². The summed E-state index contributed by atoms with van der Waals surface area (Å²) in [6.45, 7) is 3.74. The van der Waals surface area contributed by atoms with Crippen molar-refractivity contribution in [2.75, 3.05) is 19.6 Å². The highest BCUT2D eigenvalue weighted by atomic mass is 79.9. The highest BCUT2D eigenvalue weighted by molar-refractivity contribution is 9.10. The number of nitrogens with two attached hydrogens (primary N) is 1. The summed E-state index contributed by atoms with van der Waals surface area (Å²) in [5.41, 5.74) is 6.01. The molecule has 2 aliphatic heterocycles. The van der Waals surface area contributed by atoms with Crippen LogP contribution in [0.15, 0.2) is 28.7 Å². The molecular formula is C17H23BrClN3O2. The molecule has 0 bridgehead atoms. The van der Waals surface area contributed by atoms with Gasteiger partial charge in [0.25, 0.3) is 0 Å². The number of amides is 2. The van der Waals surface area contributed by atoms with E-state index in [2.05, 4.69) is 21.2 Å². The van der Waals surface area contributed by atoms with Gasteiger partial charge in [-0.25, -0.2) is 0 Å². The second kappa shape index (κ2) is 7.02. The van der Waals surface area contributed by atoms with Crippen LogP contribution in [0.5, 0.6) is 0 Å². The molecule has 2 aliphatic rings. The predicted octanol–water partition coefficient (Wildman–Crippen LogP) is 2.17. The number of hydrogen-bond acceptors (Lipinski definition) is 3. The molecule has 3 rings (SSSR count). The van der Waals surface area contributed by atoms with Crippen LogP contribution in [0.3, 0.4) is 0 Å². The largest absolute Gasteiger partial charge is 0.355 e. The first-order valence-electron chi connectivity index (χ1n) is 7.93. The average Bonchev–Trinajstić information content (AvgIpc) is 2.87. The van der Waals surface area contributed by atoms with Crippen LogP contribution in [0.4, 0.5) is 0 Å². The number of halogens is 2. The summed E-state index contributed by atoms with van der Waals surface area (Å²) >= 11 is 3.40. The van der Waals surface area contributed by atoms with E-state index in [-0.39, 0.29) is 29.6 Å². The van der Waals surface area contributed by atoms with Crippen molar-refractivity contribution in [1.29, 1.82) is 0 Å². The van der Waals surface area contributed by atoms with Crippen LogP contribution in [0.1, 0.15) is 31.7 Å². The molecule has 0 radical (unpaired) electrons. The van der Waals surface area contributed by atoms with Gasteiger partial charge in [-0.3, -0.25) is 9.59 Å². The van der Waals surface area contributed by atoms with Gasteiger partial charge in [0.05, 0.1) is 0 Å². The van der Waals surface area contributed by atoms with Crippen LogP contribution >= 0.6 is 28.3 Å². The summed E-state index contributed by atoms with van der Waals surface area (Å²) in [5.74, 6) is 0.0148. The molecule has 2 unspecified atom stereocenters. The van der Waals surface area contributed by atoms with Crippen molar-refractivity contribution in [2.24, 2.45) is 11.1 Å². The molecule has 0 aliphatic carbocycles. The topological polar surface area (TPSA) is 75.4 Å². The van der Waals surface area contributed by atoms with Gasteiger partial charge < -0.3 is 16.0 Å². The number of piperidine rings is 1. The Labute approximate surface area is 156 Å². The zero-order chi connectivity index (χ0) is 16.7. The van der Waals surface area contributed by atoms with Crippen LogP contribution in [0.25, 0.3) is 0 Å². The predicted molar refractivity (Wildman–Crippen MR) is 98.8 cm³/mol. The molecule has 2 fully saturated rings. The molecule has 1 spiro atoms. The molecule has 0 aromatic heterocycles. The van der Waals surface area contributed by atoms with E-state index >= 15 is 0 Å². The van der Waals surface area contributed by atoms with Gasteiger partial charge in [0.15, 0.2) is 0 Å². The van der Waals surface area contributed by atoms with Crippen molar-refractivity contribution in [3.05, 3.63) is 34.3 Å². The number of carbonyl (C=O) groups is 2. The first-order chi connectivity index (χ1) is 10.8. The van der Waals surface area contributed by atoms with E-state index in [1.165, 1.54) is 0 Å². The molecule has 3 N–H and O–H groups in total. The number of benzene rings is 1. The molecule has 5 nitrogen and oxygen atoms in total. The molecular weight excluding hydrogens is 394 g/mol. The minimum absolute atomic E-state index is 0. The Balaban J connectivity index is 0.00000208. The smallest absolute Gasteiger partial charge is 0.246 e. The molecule has 2 amide bonds. The minimum Gasteiger partial charge on any atom is -0.355 e. The van der Waals surface area contributed by atoms with Gasteiger partial charge in [-0.1, -0.05) is 28.1 Å².